The molecule has 5 nitrogen and oxygen atoms in total. The topological polar surface area (TPSA) is 83.5 Å². The molecule has 1 saturated heterocycles. The maximum atomic E-state index is 11.5. The van der Waals surface area contributed by atoms with Crippen LogP contribution in [-0.4, -0.2) is 54.6 Å². The van der Waals surface area contributed by atoms with Gasteiger partial charge in [0.1, 0.15) is 0 Å². The molecule has 0 bridgehead atoms. The monoisotopic (exact) mass is 267 g/mol. The number of sulfone groups is 1. The molecular weight excluding hydrogens is 250 g/mol. The Bertz CT molecular complexity index is 355. The summed E-state index contributed by atoms with van der Waals surface area (Å²) >= 11 is 1.33. The number of thioether (sulfide) groups is 1. The molecule has 1 heterocycles. The van der Waals surface area contributed by atoms with Crippen molar-refractivity contribution in [3.63, 3.8) is 0 Å². The van der Waals surface area contributed by atoms with Crippen LogP contribution in [-0.2, 0) is 14.6 Å². The molecule has 7 heteroatoms. The molecule has 1 atom stereocenters. The predicted octanol–water partition coefficient (Wildman–Crippen LogP) is -0.595. The van der Waals surface area contributed by atoms with E-state index >= 15 is 0 Å². The molecule has 0 aromatic heterocycles. The molecule has 0 unspecified atom stereocenters. The van der Waals surface area contributed by atoms with E-state index in [1.54, 1.807) is 6.92 Å². The Morgan fingerprint density at radius 3 is 2.75 bits per heavy atom. The van der Waals surface area contributed by atoms with Gasteiger partial charge in [0.05, 0.1) is 29.4 Å². The molecule has 0 aromatic rings. The van der Waals surface area contributed by atoms with Crippen molar-refractivity contribution in [2.75, 3.05) is 29.6 Å². The van der Waals surface area contributed by atoms with Crippen molar-refractivity contribution >= 4 is 27.5 Å². The summed E-state index contributed by atoms with van der Waals surface area (Å²) < 4.78 is 22.6. The lowest BCUT2D eigenvalue weighted by atomic mass is 10.0. The minimum absolute atomic E-state index is 0.0242. The first kappa shape index (κ1) is 13.8. The van der Waals surface area contributed by atoms with Crippen LogP contribution in [0.5, 0.6) is 0 Å². The van der Waals surface area contributed by atoms with Gasteiger partial charge < -0.3 is 10.4 Å². The number of hydrogen-bond acceptors (Lipinski definition) is 5. The number of nitrogens with one attached hydrogen (secondary N) is 1. The highest BCUT2D eigenvalue weighted by atomic mass is 32.2. The lowest BCUT2D eigenvalue weighted by Gasteiger charge is -2.23. The third-order valence-electron chi connectivity index (χ3n) is 2.41. The molecule has 2 N–H and O–H groups in total. The Labute approximate surface area is 99.9 Å². The van der Waals surface area contributed by atoms with E-state index in [2.05, 4.69) is 5.32 Å². The van der Waals surface area contributed by atoms with Gasteiger partial charge in [-0.2, -0.15) is 0 Å². The van der Waals surface area contributed by atoms with E-state index < -0.39 is 15.4 Å². The smallest absolute Gasteiger partial charge is 0.230 e. The van der Waals surface area contributed by atoms with Gasteiger partial charge in [-0.05, 0) is 13.3 Å². The van der Waals surface area contributed by atoms with Gasteiger partial charge in [-0.3, -0.25) is 4.79 Å². The van der Waals surface area contributed by atoms with Crippen molar-refractivity contribution in [2.45, 2.75) is 18.9 Å². The van der Waals surface area contributed by atoms with Crippen LogP contribution in [0, 0.1) is 0 Å². The second-order valence-electron chi connectivity index (χ2n) is 4.23. The van der Waals surface area contributed by atoms with Gasteiger partial charge in [-0.15, -0.1) is 11.8 Å². The largest absolute Gasteiger partial charge is 0.396 e. The van der Waals surface area contributed by atoms with Crippen LogP contribution in [0.15, 0.2) is 0 Å². The van der Waals surface area contributed by atoms with Gasteiger partial charge >= 0.3 is 0 Å². The van der Waals surface area contributed by atoms with Crippen LogP contribution in [0.2, 0.25) is 0 Å². The molecule has 0 aromatic carbocycles. The molecule has 1 aliphatic heterocycles. The Morgan fingerprint density at radius 2 is 2.25 bits per heavy atom. The van der Waals surface area contributed by atoms with E-state index in [1.165, 1.54) is 11.8 Å². The fourth-order valence-corrected chi connectivity index (χ4v) is 4.34. The molecule has 0 spiro atoms. The SMILES string of the molecule is C[C@@]1(NC(=O)CSCCO)CCS(=O)(=O)C1. The zero-order valence-electron chi connectivity index (χ0n) is 9.23. The highest BCUT2D eigenvalue weighted by molar-refractivity contribution is 7.99. The highest BCUT2D eigenvalue weighted by Crippen LogP contribution is 2.22. The van der Waals surface area contributed by atoms with E-state index in [9.17, 15) is 13.2 Å². The number of hydrogen-bond donors (Lipinski definition) is 2. The fourth-order valence-electron chi connectivity index (χ4n) is 1.71. The summed E-state index contributed by atoms with van der Waals surface area (Å²) in [7, 11) is -2.99. The predicted molar refractivity (Wildman–Crippen MR) is 64.2 cm³/mol. The molecule has 0 saturated carbocycles. The molecule has 1 amide bonds. The number of amides is 1. The van der Waals surface area contributed by atoms with Gasteiger partial charge in [-0.1, -0.05) is 0 Å². The normalized spacial score (nSPS) is 27.9. The standard InChI is InChI=1S/C9H17NO4S2/c1-9(2-5-16(13,14)7-9)10-8(12)6-15-4-3-11/h11H,2-7H2,1H3,(H,10,12)/t9-/m1/s1. The number of carbonyl (C=O) groups excluding carboxylic acids is 1. The summed E-state index contributed by atoms with van der Waals surface area (Å²) in [5.74, 6) is 0.779. The second kappa shape index (κ2) is 5.37. The summed E-state index contributed by atoms with van der Waals surface area (Å²) in [6.45, 7) is 1.80. The van der Waals surface area contributed by atoms with Crippen LogP contribution >= 0.6 is 11.8 Å². The number of aliphatic hydroxyl groups excluding tert-OH is 1. The molecule has 1 fully saturated rings. The maximum absolute atomic E-state index is 11.5. The van der Waals surface area contributed by atoms with Crippen molar-refractivity contribution in [3.8, 4) is 0 Å². The molecule has 16 heavy (non-hydrogen) atoms. The minimum Gasteiger partial charge on any atom is -0.396 e. The Hall–Kier alpha value is -0.270. The van der Waals surface area contributed by atoms with Gasteiger partial charge in [0.25, 0.3) is 0 Å². The van der Waals surface area contributed by atoms with E-state index in [4.69, 9.17) is 5.11 Å². The van der Waals surface area contributed by atoms with Crippen molar-refractivity contribution in [3.05, 3.63) is 0 Å². The van der Waals surface area contributed by atoms with Crippen LogP contribution in [0.4, 0.5) is 0 Å². The van der Waals surface area contributed by atoms with E-state index in [1.807, 2.05) is 0 Å². The van der Waals surface area contributed by atoms with Crippen molar-refractivity contribution in [1.29, 1.82) is 0 Å². The first-order valence-corrected chi connectivity index (χ1v) is 8.05. The summed E-state index contributed by atoms with van der Waals surface area (Å²) in [6, 6.07) is 0. The number of rotatable bonds is 5. The van der Waals surface area contributed by atoms with E-state index in [-0.39, 0.29) is 29.8 Å². The number of carbonyl (C=O) groups is 1. The van der Waals surface area contributed by atoms with Gasteiger partial charge in [0, 0.05) is 5.75 Å². The summed E-state index contributed by atoms with van der Waals surface area (Å²) in [5.41, 5.74) is -0.615. The van der Waals surface area contributed by atoms with Crippen molar-refractivity contribution in [1.82, 2.24) is 5.32 Å². The highest BCUT2D eigenvalue weighted by Gasteiger charge is 2.39. The third-order valence-corrected chi connectivity index (χ3v) is 5.25. The van der Waals surface area contributed by atoms with Gasteiger partial charge in [0.15, 0.2) is 9.84 Å². The molecule has 94 valence electrons. The Morgan fingerprint density at radius 1 is 1.56 bits per heavy atom. The Balaban J connectivity index is 2.39. The molecule has 1 rings (SSSR count). The van der Waals surface area contributed by atoms with Gasteiger partial charge in [0.2, 0.25) is 5.91 Å². The number of aliphatic hydroxyl groups is 1. The molecular formula is C9H17NO4S2. The minimum atomic E-state index is -2.99. The first-order valence-electron chi connectivity index (χ1n) is 5.07. The lowest BCUT2D eigenvalue weighted by Crippen LogP contribution is -2.47. The lowest BCUT2D eigenvalue weighted by molar-refractivity contribution is -0.120. The summed E-state index contributed by atoms with van der Waals surface area (Å²) in [6.07, 6.45) is 0.478. The third kappa shape index (κ3) is 4.31. The first-order chi connectivity index (χ1) is 7.37. The van der Waals surface area contributed by atoms with Crippen LogP contribution in [0.1, 0.15) is 13.3 Å². The molecule has 0 radical (unpaired) electrons. The second-order valence-corrected chi connectivity index (χ2v) is 7.52. The van der Waals surface area contributed by atoms with Crippen molar-refractivity contribution < 1.29 is 18.3 Å². The van der Waals surface area contributed by atoms with Crippen LogP contribution in [0.25, 0.3) is 0 Å². The van der Waals surface area contributed by atoms with Gasteiger partial charge in [-0.25, -0.2) is 8.42 Å². The van der Waals surface area contributed by atoms with Crippen LogP contribution in [0.3, 0.4) is 0 Å². The zero-order chi connectivity index (χ0) is 12.2. The summed E-state index contributed by atoms with van der Waals surface area (Å²) in [5, 5.41) is 11.3. The Kier molecular flexibility index (Phi) is 4.63. The van der Waals surface area contributed by atoms with E-state index in [0.29, 0.717) is 12.2 Å². The average Bonchev–Trinajstić information content (AvgIpc) is 2.40. The zero-order valence-corrected chi connectivity index (χ0v) is 10.9. The fraction of sp³-hybridized carbons (Fsp3) is 0.889. The molecule has 1 aliphatic rings. The van der Waals surface area contributed by atoms with Crippen LogP contribution < -0.4 is 5.32 Å². The van der Waals surface area contributed by atoms with Crippen molar-refractivity contribution in [2.24, 2.45) is 0 Å². The van der Waals surface area contributed by atoms with E-state index in [0.717, 1.165) is 0 Å². The molecule has 0 aliphatic carbocycles. The average molecular weight is 267 g/mol. The summed E-state index contributed by atoms with van der Waals surface area (Å²) in [4.78, 5) is 11.5. The maximum Gasteiger partial charge on any atom is 0.230 e. The quantitative estimate of drug-likeness (QED) is 0.650.